The quantitative estimate of drug-likeness (QED) is 0.872. The number of halogens is 1. The van der Waals surface area contributed by atoms with Gasteiger partial charge >= 0.3 is 0 Å². The van der Waals surface area contributed by atoms with Crippen LogP contribution < -0.4 is 5.32 Å². The fourth-order valence-corrected chi connectivity index (χ4v) is 2.55. The first-order valence-electron chi connectivity index (χ1n) is 5.63. The third-order valence-electron chi connectivity index (χ3n) is 3.17. The highest BCUT2D eigenvalue weighted by molar-refractivity contribution is 8.00. The molecule has 0 saturated heterocycles. The Morgan fingerprint density at radius 1 is 1.53 bits per heavy atom. The van der Waals surface area contributed by atoms with Crippen molar-refractivity contribution in [3.8, 4) is 6.07 Å². The van der Waals surface area contributed by atoms with Gasteiger partial charge in [-0.3, -0.25) is 0 Å². The number of nitriles is 1. The Labute approximate surface area is 105 Å². The van der Waals surface area contributed by atoms with Crippen LogP contribution in [0.1, 0.15) is 24.0 Å². The predicted octanol–water partition coefficient (Wildman–Crippen LogP) is 2.68. The molecule has 2 nitrogen and oxygen atoms in total. The van der Waals surface area contributed by atoms with Gasteiger partial charge in [0.1, 0.15) is 11.9 Å². The smallest absolute Gasteiger partial charge is 0.140 e. The number of hydrogen-bond acceptors (Lipinski definition) is 3. The molecule has 90 valence electrons. The molecule has 0 aliphatic heterocycles. The predicted molar refractivity (Wildman–Crippen MR) is 68.3 cm³/mol. The molecular formula is C13H15FN2S. The van der Waals surface area contributed by atoms with Crippen molar-refractivity contribution in [2.24, 2.45) is 0 Å². The summed E-state index contributed by atoms with van der Waals surface area (Å²) in [7, 11) is 0. The lowest BCUT2D eigenvalue weighted by molar-refractivity contribution is 0.620. The third-order valence-corrected chi connectivity index (χ3v) is 4.59. The molecule has 1 saturated carbocycles. The van der Waals surface area contributed by atoms with Crippen LogP contribution in [0.2, 0.25) is 0 Å². The molecule has 0 spiro atoms. The van der Waals surface area contributed by atoms with Gasteiger partial charge in [-0.2, -0.15) is 17.0 Å². The van der Waals surface area contributed by atoms with Crippen molar-refractivity contribution >= 4 is 11.8 Å². The van der Waals surface area contributed by atoms with Crippen LogP contribution in [0.4, 0.5) is 4.39 Å². The van der Waals surface area contributed by atoms with E-state index >= 15 is 0 Å². The molecule has 0 radical (unpaired) electrons. The molecular weight excluding hydrogens is 235 g/mol. The molecule has 17 heavy (non-hydrogen) atoms. The second-order valence-electron chi connectivity index (χ2n) is 4.42. The summed E-state index contributed by atoms with van der Waals surface area (Å²) < 4.78 is 13.5. The maximum atomic E-state index is 13.1. The molecule has 1 fully saturated rings. The van der Waals surface area contributed by atoms with E-state index in [0.717, 1.165) is 12.1 Å². The summed E-state index contributed by atoms with van der Waals surface area (Å²) in [5.74, 6) is -0.445. The molecule has 0 atom stereocenters. The minimum atomic E-state index is -0.445. The van der Waals surface area contributed by atoms with E-state index in [0.29, 0.717) is 11.3 Å². The van der Waals surface area contributed by atoms with Crippen LogP contribution in [0.5, 0.6) is 0 Å². The van der Waals surface area contributed by atoms with Gasteiger partial charge < -0.3 is 5.32 Å². The average Bonchev–Trinajstić information content (AvgIpc) is 3.12. The number of hydrogen-bond donors (Lipinski definition) is 1. The number of thioether (sulfide) groups is 1. The summed E-state index contributed by atoms with van der Waals surface area (Å²) in [4.78, 5) is 0. The first-order chi connectivity index (χ1) is 8.19. The Bertz CT molecular complexity index is 449. The highest BCUT2D eigenvalue weighted by Crippen LogP contribution is 2.46. The van der Waals surface area contributed by atoms with Gasteiger partial charge in [-0.25, -0.2) is 4.39 Å². The van der Waals surface area contributed by atoms with Gasteiger partial charge in [0.15, 0.2) is 0 Å². The van der Waals surface area contributed by atoms with Crippen molar-refractivity contribution in [3.63, 3.8) is 0 Å². The Kier molecular flexibility index (Phi) is 3.70. The molecule has 2 rings (SSSR count). The van der Waals surface area contributed by atoms with Crippen molar-refractivity contribution in [2.75, 3.05) is 12.8 Å². The second-order valence-corrected chi connectivity index (χ2v) is 5.69. The van der Waals surface area contributed by atoms with E-state index in [4.69, 9.17) is 5.26 Å². The maximum Gasteiger partial charge on any atom is 0.140 e. The zero-order valence-corrected chi connectivity index (χ0v) is 10.6. The molecule has 1 N–H and O–H groups in total. The zero-order chi connectivity index (χ0) is 12.3. The lowest BCUT2D eigenvalue weighted by Crippen LogP contribution is -2.25. The summed E-state index contributed by atoms with van der Waals surface area (Å²) in [6.45, 7) is 1.67. The van der Waals surface area contributed by atoms with Crippen LogP contribution >= 0.6 is 11.8 Å². The summed E-state index contributed by atoms with van der Waals surface area (Å²) in [5, 5.41) is 12.1. The van der Waals surface area contributed by atoms with Crippen LogP contribution in [0.3, 0.4) is 0 Å². The van der Waals surface area contributed by atoms with E-state index in [2.05, 4.69) is 11.6 Å². The van der Waals surface area contributed by atoms with E-state index in [1.54, 1.807) is 12.1 Å². The van der Waals surface area contributed by atoms with Crippen molar-refractivity contribution in [1.82, 2.24) is 5.32 Å². The molecule has 1 aliphatic carbocycles. The number of nitrogens with one attached hydrogen (secondary N) is 1. The Morgan fingerprint density at radius 2 is 2.29 bits per heavy atom. The first-order valence-corrected chi connectivity index (χ1v) is 6.86. The fourth-order valence-electron chi connectivity index (χ4n) is 1.80. The van der Waals surface area contributed by atoms with Crippen molar-refractivity contribution < 1.29 is 4.39 Å². The molecule has 1 aliphatic rings. The minimum absolute atomic E-state index is 0.121. The maximum absolute atomic E-state index is 13.1. The molecule has 1 aromatic rings. The van der Waals surface area contributed by atoms with E-state index in [1.165, 1.54) is 18.9 Å². The summed E-state index contributed by atoms with van der Waals surface area (Å²) >= 11 is 1.91. The largest absolute Gasteiger partial charge is 0.311 e. The van der Waals surface area contributed by atoms with Gasteiger partial charge in [-0.1, -0.05) is 6.07 Å². The normalized spacial score (nSPS) is 16.5. The lowest BCUT2D eigenvalue weighted by atomic mass is 10.1. The van der Waals surface area contributed by atoms with Gasteiger partial charge in [0, 0.05) is 17.8 Å². The zero-order valence-electron chi connectivity index (χ0n) is 9.79. The number of benzene rings is 1. The van der Waals surface area contributed by atoms with E-state index in [1.807, 2.05) is 17.8 Å². The van der Waals surface area contributed by atoms with E-state index in [-0.39, 0.29) is 5.56 Å². The molecule has 0 amide bonds. The third kappa shape index (κ3) is 2.99. The topological polar surface area (TPSA) is 35.8 Å². The van der Waals surface area contributed by atoms with Gasteiger partial charge in [0.2, 0.25) is 0 Å². The first kappa shape index (κ1) is 12.4. The monoisotopic (exact) mass is 250 g/mol. The Morgan fingerprint density at radius 3 is 2.88 bits per heavy atom. The summed E-state index contributed by atoms with van der Waals surface area (Å²) in [6, 6.07) is 6.55. The standard InChI is InChI=1S/C13H15FN2S/c1-17-13(4-5-13)9-16-8-10-2-3-12(14)11(6-10)7-15/h2-3,6,16H,4-5,8-9H2,1H3. The van der Waals surface area contributed by atoms with Crippen molar-refractivity contribution in [2.45, 2.75) is 24.1 Å². The van der Waals surface area contributed by atoms with Crippen LogP contribution in [0.25, 0.3) is 0 Å². The van der Waals surface area contributed by atoms with E-state index in [9.17, 15) is 4.39 Å². The SMILES string of the molecule is CSC1(CNCc2ccc(F)c(C#N)c2)CC1. The van der Waals surface area contributed by atoms with Gasteiger partial charge in [0.25, 0.3) is 0 Å². The number of nitrogens with zero attached hydrogens (tertiary/aromatic N) is 1. The molecule has 1 aromatic carbocycles. The summed E-state index contributed by atoms with van der Waals surface area (Å²) in [6.07, 6.45) is 4.68. The Hall–Kier alpha value is -1.05. The lowest BCUT2D eigenvalue weighted by Gasteiger charge is -2.13. The van der Waals surface area contributed by atoms with Crippen LogP contribution in [-0.2, 0) is 6.54 Å². The molecule has 0 heterocycles. The van der Waals surface area contributed by atoms with Crippen LogP contribution in [-0.4, -0.2) is 17.5 Å². The highest BCUT2D eigenvalue weighted by atomic mass is 32.2. The minimum Gasteiger partial charge on any atom is -0.311 e. The van der Waals surface area contributed by atoms with Crippen LogP contribution in [0, 0.1) is 17.1 Å². The van der Waals surface area contributed by atoms with Crippen molar-refractivity contribution in [3.05, 3.63) is 35.1 Å². The van der Waals surface area contributed by atoms with Gasteiger partial charge in [-0.05, 0) is 36.8 Å². The Balaban J connectivity index is 1.89. The highest BCUT2D eigenvalue weighted by Gasteiger charge is 2.41. The second kappa shape index (κ2) is 5.07. The molecule has 0 unspecified atom stereocenters. The summed E-state index contributed by atoms with van der Waals surface area (Å²) in [5.41, 5.74) is 1.08. The van der Waals surface area contributed by atoms with Crippen molar-refractivity contribution in [1.29, 1.82) is 5.26 Å². The average molecular weight is 250 g/mol. The van der Waals surface area contributed by atoms with Gasteiger partial charge in [0.05, 0.1) is 5.56 Å². The molecule has 0 bridgehead atoms. The van der Waals surface area contributed by atoms with Crippen LogP contribution in [0.15, 0.2) is 18.2 Å². The van der Waals surface area contributed by atoms with Gasteiger partial charge in [-0.15, -0.1) is 0 Å². The molecule has 0 aromatic heterocycles. The van der Waals surface area contributed by atoms with E-state index < -0.39 is 5.82 Å². The molecule has 4 heteroatoms. The number of rotatable bonds is 5. The fraction of sp³-hybridized carbons (Fsp3) is 0.462.